The molecular formula is C17H20F3N3O3. The van der Waals surface area contributed by atoms with Gasteiger partial charge in [-0.3, -0.25) is 14.2 Å². The molecular weight excluding hydrogens is 351 g/mol. The lowest BCUT2D eigenvalue weighted by Gasteiger charge is -2.09. The number of amides is 1. The number of ether oxygens (including phenoxy) is 1. The second-order valence-corrected chi connectivity index (χ2v) is 5.84. The number of rotatable bonds is 8. The monoisotopic (exact) mass is 371 g/mol. The predicted octanol–water partition coefficient (Wildman–Crippen LogP) is 2.18. The van der Waals surface area contributed by atoms with Crippen LogP contribution in [0.2, 0.25) is 0 Å². The van der Waals surface area contributed by atoms with Gasteiger partial charge in [0.1, 0.15) is 6.61 Å². The van der Waals surface area contributed by atoms with Crippen LogP contribution in [0.15, 0.2) is 29.3 Å². The Labute approximate surface area is 148 Å². The van der Waals surface area contributed by atoms with Crippen LogP contribution >= 0.6 is 0 Å². The van der Waals surface area contributed by atoms with Crippen LogP contribution in [-0.2, 0) is 16.1 Å². The van der Waals surface area contributed by atoms with E-state index >= 15 is 0 Å². The van der Waals surface area contributed by atoms with E-state index in [0.717, 1.165) is 5.56 Å². The molecule has 0 unspecified atom stereocenters. The molecule has 6 nitrogen and oxygen atoms in total. The summed E-state index contributed by atoms with van der Waals surface area (Å²) in [4.78, 5) is 28.4. The summed E-state index contributed by atoms with van der Waals surface area (Å²) in [5.41, 5.74) is 1.32. The summed E-state index contributed by atoms with van der Waals surface area (Å²) in [6.45, 7) is 0.864. The van der Waals surface area contributed by atoms with Crippen molar-refractivity contribution < 1.29 is 22.7 Å². The van der Waals surface area contributed by atoms with E-state index in [0.29, 0.717) is 10.9 Å². The minimum Gasteiger partial charge on any atom is -0.372 e. The summed E-state index contributed by atoms with van der Waals surface area (Å²) in [5.74, 6) is -0.294. The van der Waals surface area contributed by atoms with Gasteiger partial charge in [-0.25, -0.2) is 4.98 Å². The maximum absolute atomic E-state index is 12.4. The van der Waals surface area contributed by atoms with E-state index in [-0.39, 0.29) is 44.0 Å². The standard InChI is InChI=1S/C17H20F3N3O3/c1-12-4-2-5-13-15(12)22-11-23(16(13)25)8-6-14(24)21-7-3-9-26-10-17(18,19)20/h2,4-5,11H,3,6-10H2,1H3,(H,21,24). The quantitative estimate of drug-likeness (QED) is 0.722. The molecule has 0 radical (unpaired) electrons. The van der Waals surface area contributed by atoms with Crippen molar-refractivity contribution in [3.63, 3.8) is 0 Å². The van der Waals surface area contributed by atoms with Gasteiger partial charge in [-0.1, -0.05) is 12.1 Å². The molecule has 1 heterocycles. The van der Waals surface area contributed by atoms with Gasteiger partial charge >= 0.3 is 6.18 Å². The highest BCUT2D eigenvalue weighted by Crippen LogP contribution is 2.14. The van der Waals surface area contributed by atoms with Gasteiger partial charge in [0.25, 0.3) is 5.56 Å². The third-order valence-corrected chi connectivity index (χ3v) is 3.69. The summed E-state index contributed by atoms with van der Waals surface area (Å²) >= 11 is 0. The Morgan fingerprint density at radius 1 is 1.35 bits per heavy atom. The predicted molar refractivity (Wildman–Crippen MR) is 89.9 cm³/mol. The number of fused-ring (bicyclic) bond motifs is 1. The lowest BCUT2D eigenvalue weighted by Crippen LogP contribution is -2.29. The Hall–Kier alpha value is -2.42. The fraction of sp³-hybridized carbons (Fsp3) is 0.471. The van der Waals surface area contributed by atoms with Gasteiger partial charge in [0.15, 0.2) is 0 Å². The van der Waals surface area contributed by atoms with Crippen molar-refractivity contribution in [2.24, 2.45) is 0 Å². The number of hydrogen-bond donors (Lipinski definition) is 1. The van der Waals surface area contributed by atoms with Crippen LogP contribution in [0.4, 0.5) is 13.2 Å². The first-order valence-electron chi connectivity index (χ1n) is 8.14. The first-order chi connectivity index (χ1) is 12.3. The van der Waals surface area contributed by atoms with Crippen LogP contribution in [0.5, 0.6) is 0 Å². The highest BCUT2D eigenvalue weighted by molar-refractivity contribution is 5.80. The zero-order valence-electron chi connectivity index (χ0n) is 14.3. The minimum absolute atomic E-state index is 0.0717. The number of aryl methyl sites for hydroxylation is 2. The van der Waals surface area contributed by atoms with Crippen molar-refractivity contribution in [2.45, 2.75) is 32.5 Å². The van der Waals surface area contributed by atoms with Crippen LogP contribution in [0.25, 0.3) is 10.9 Å². The Balaban J connectivity index is 1.77. The second kappa shape index (κ2) is 8.79. The van der Waals surface area contributed by atoms with Crippen LogP contribution in [0.1, 0.15) is 18.4 Å². The van der Waals surface area contributed by atoms with Crippen molar-refractivity contribution in [1.82, 2.24) is 14.9 Å². The molecule has 0 aliphatic rings. The van der Waals surface area contributed by atoms with Gasteiger partial charge in [0.2, 0.25) is 5.91 Å². The van der Waals surface area contributed by atoms with Crippen LogP contribution in [-0.4, -0.2) is 41.4 Å². The fourth-order valence-corrected chi connectivity index (χ4v) is 2.40. The molecule has 1 amide bonds. The first kappa shape index (κ1) is 19.9. The summed E-state index contributed by atoms with van der Waals surface area (Å²) < 4.78 is 41.5. The summed E-state index contributed by atoms with van der Waals surface area (Å²) in [6, 6.07) is 5.33. The summed E-state index contributed by atoms with van der Waals surface area (Å²) in [5, 5.41) is 3.08. The smallest absolute Gasteiger partial charge is 0.372 e. The van der Waals surface area contributed by atoms with Gasteiger partial charge < -0.3 is 10.1 Å². The molecule has 0 saturated carbocycles. The highest BCUT2D eigenvalue weighted by atomic mass is 19.4. The normalized spacial score (nSPS) is 11.7. The number of nitrogens with one attached hydrogen (secondary N) is 1. The molecule has 1 aromatic heterocycles. The second-order valence-electron chi connectivity index (χ2n) is 5.84. The first-order valence-corrected chi connectivity index (χ1v) is 8.14. The van der Waals surface area contributed by atoms with Gasteiger partial charge in [-0.2, -0.15) is 13.2 Å². The molecule has 0 bridgehead atoms. The van der Waals surface area contributed by atoms with Gasteiger partial charge in [-0.15, -0.1) is 0 Å². The van der Waals surface area contributed by atoms with E-state index in [1.54, 1.807) is 12.1 Å². The highest BCUT2D eigenvalue weighted by Gasteiger charge is 2.27. The largest absolute Gasteiger partial charge is 0.411 e. The minimum atomic E-state index is -4.34. The molecule has 0 aliphatic heterocycles. The molecule has 1 N–H and O–H groups in total. The third kappa shape index (κ3) is 5.83. The molecule has 0 fully saturated rings. The lowest BCUT2D eigenvalue weighted by molar-refractivity contribution is -0.174. The molecule has 0 aliphatic carbocycles. The SMILES string of the molecule is Cc1cccc2c(=O)n(CCC(=O)NCCCOCC(F)(F)F)cnc12. The Bertz CT molecular complexity index is 818. The molecule has 26 heavy (non-hydrogen) atoms. The molecule has 142 valence electrons. The number of carbonyl (C=O) groups is 1. The van der Waals surface area contributed by atoms with E-state index < -0.39 is 12.8 Å². The van der Waals surface area contributed by atoms with Crippen LogP contribution in [0, 0.1) is 6.92 Å². The maximum atomic E-state index is 12.4. The van der Waals surface area contributed by atoms with E-state index in [2.05, 4.69) is 15.0 Å². The Morgan fingerprint density at radius 2 is 2.12 bits per heavy atom. The molecule has 2 rings (SSSR count). The average Bonchev–Trinajstić information content (AvgIpc) is 2.57. The molecule has 0 spiro atoms. The van der Waals surface area contributed by atoms with Crippen molar-refractivity contribution in [3.8, 4) is 0 Å². The molecule has 2 aromatic rings. The number of nitrogens with zero attached hydrogens (tertiary/aromatic N) is 2. The van der Waals surface area contributed by atoms with Gasteiger partial charge in [-0.05, 0) is 25.0 Å². The zero-order chi connectivity index (χ0) is 19.2. The van der Waals surface area contributed by atoms with E-state index in [9.17, 15) is 22.8 Å². The number of halogens is 3. The zero-order valence-corrected chi connectivity index (χ0v) is 14.3. The van der Waals surface area contributed by atoms with Crippen LogP contribution in [0.3, 0.4) is 0 Å². The average molecular weight is 371 g/mol. The number of aromatic nitrogens is 2. The fourth-order valence-electron chi connectivity index (χ4n) is 2.40. The van der Waals surface area contributed by atoms with Gasteiger partial charge in [0.05, 0.1) is 17.2 Å². The number of para-hydroxylation sites is 1. The van der Waals surface area contributed by atoms with Gasteiger partial charge in [0, 0.05) is 26.1 Å². The van der Waals surface area contributed by atoms with Crippen molar-refractivity contribution >= 4 is 16.8 Å². The van der Waals surface area contributed by atoms with Crippen LogP contribution < -0.4 is 10.9 Å². The number of carbonyl (C=O) groups excluding carboxylic acids is 1. The lowest BCUT2D eigenvalue weighted by atomic mass is 10.1. The van der Waals surface area contributed by atoms with Crippen molar-refractivity contribution in [1.29, 1.82) is 0 Å². The van der Waals surface area contributed by atoms with Crippen molar-refractivity contribution in [2.75, 3.05) is 19.8 Å². The number of alkyl halides is 3. The summed E-state index contributed by atoms with van der Waals surface area (Å²) in [7, 11) is 0. The summed E-state index contributed by atoms with van der Waals surface area (Å²) in [6.07, 6.45) is -2.58. The van der Waals surface area contributed by atoms with E-state index in [1.807, 2.05) is 13.0 Å². The van der Waals surface area contributed by atoms with E-state index in [1.165, 1.54) is 10.9 Å². The Kier molecular flexibility index (Phi) is 6.73. The topological polar surface area (TPSA) is 73.2 Å². The number of benzene rings is 1. The van der Waals surface area contributed by atoms with Crippen molar-refractivity contribution in [3.05, 3.63) is 40.4 Å². The molecule has 9 heteroatoms. The van der Waals surface area contributed by atoms with E-state index in [4.69, 9.17) is 0 Å². The maximum Gasteiger partial charge on any atom is 0.411 e. The Morgan fingerprint density at radius 3 is 2.85 bits per heavy atom. The third-order valence-electron chi connectivity index (χ3n) is 3.69. The molecule has 1 aromatic carbocycles. The molecule has 0 atom stereocenters. The number of hydrogen-bond acceptors (Lipinski definition) is 4. The molecule has 0 saturated heterocycles.